The summed E-state index contributed by atoms with van der Waals surface area (Å²) in [6, 6.07) is 22.7. The molecule has 0 amide bonds. The number of anilines is 2. The summed E-state index contributed by atoms with van der Waals surface area (Å²) < 4.78 is 44.1. The van der Waals surface area contributed by atoms with Gasteiger partial charge in [-0.1, -0.05) is 30.3 Å². The second-order valence-electron chi connectivity index (χ2n) is 7.18. The number of hydrogen-bond acceptors (Lipinski definition) is 3. The molecule has 1 aromatic heterocycles. The van der Waals surface area contributed by atoms with Crippen LogP contribution in [0, 0.1) is 0 Å². The molecule has 4 rings (SSSR count). The van der Waals surface area contributed by atoms with Crippen LogP contribution in [0.25, 0.3) is 10.9 Å². The van der Waals surface area contributed by atoms with E-state index in [4.69, 9.17) is 4.74 Å². The van der Waals surface area contributed by atoms with Crippen LogP contribution in [0.15, 0.2) is 85.1 Å². The number of hydrogen-bond donors (Lipinski definition) is 1. The molecule has 4 aromatic rings. The van der Waals surface area contributed by atoms with Gasteiger partial charge in [0.25, 0.3) is 0 Å². The highest BCUT2D eigenvalue weighted by Gasteiger charge is 2.29. The Labute approximate surface area is 178 Å². The van der Waals surface area contributed by atoms with Gasteiger partial charge in [-0.05, 0) is 60.9 Å². The lowest BCUT2D eigenvalue weighted by molar-refractivity contribution is -0.137. The molecular formula is C25H21F3N2O. The first-order chi connectivity index (χ1) is 15.0. The van der Waals surface area contributed by atoms with E-state index in [0.29, 0.717) is 12.3 Å². The number of aromatic nitrogens is 1. The largest absolute Gasteiger partial charge is 0.494 e. The fraction of sp³-hybridized carbons (Fsp3) is 0.160. The fourth-order valence-electron chi connectivity index (χ4n) is 3.34. The van der Waals surface area contributed by atoms with E-state index in [1.165, 1.54) is 17.7 Å². The predicted molar refractivity (Wildman–Crippen MR) is 117 cm³/mol. The van der Waals surface area contributed by atoms with Gasteiger partial charge >= 0.3 is 6.18 Å². The Balaban J connectivity index is 1.42. The van der Waals surface area contributed by atoms with Crippen LogP contribution >= 0.6 is 0 Å². The van der Waals surface area contributed by atoms with Gasteiger partial charge in [0, 0.05) is 29.0 Å². The summed E-state index contributed by atoms with van der Waals surface area (Å²) in [5.74, 6) is 0.736. The van der Waals surface area contributed by atoms with Gasteiger partial charge in [0.2, 0.25) is 0 Å². The number of benzene rings is 3. The van der Waals surface area contributed by atoms with E-state index >= 15 is 0 Å². The zero-order valence-corrected chi connectivity index (χ0v) is 16.7. The fourth-order valence-corrected chi connectivity index (χ4v) is 3.34. The molecule has 31 heavy (non-hydrogen) atoms. The molecule has 0 atom stereocenters. The van der Waals surface area contributed by atoms with Crippen molar-refractivity contribution in [3.05, 3.63) is 96.2 Å². The minimum atomic E-state index is -4.35. The Morgan fingerprint density at radius 3 is 2.39 bits per heavy atom. The van der Waals surface area contributed by atoms with Crippen molar-refractivity contribution in [2.75, 3.05) is 11.9 Å². The maximum atomic E-state index is 12.7. The van der Waals surface area contributed by atoms with Crippen LogP contribution in [0.5, 0.6) is 5.75 Å². The van der Waals surface area contributed by atoms with Crippen molar-refractivity contribution in [3.8, 4) is 5.75 Å². The van der Waals surface area contributed by atoms with E-state index in [9.17, 15) is 13.2 Å². The summed E-state index contributed by atoms with van der Waals surface area (Å²) in [4.78, 5) is 4.40. The number of nitrogens with one attached hydrogen (secondary N) is 1. The lowest BCUT2D eigenvalue weighted by Crippen LogP contribution is -2.04. The maximum Gasteiger partial charge on any atom is 0.416 e. The molecule has 0 aliphatic carbocycles. The van der Waals surface area contributed by atoms with Gasteiger partial charge in [0.15, 0.2) is 0 Å². The van der Waals surface area contributed by atoms with Gasteiger partial charge < -0.3 is 10.1 Å². The molecule has 1 N–H and O–H groups in total. The molecule has 158 valence electrons. The van der Waals surface area contributed by atoms with Crippen molar-refractivity contribution in [2.24, 2.45) is 0 Å². The Hall–Kier alpha value is -3.54. The van der Waals surface area contributed by atoms with E-state index < -0.39 is 11.7 Å². The summed E-state index contributed by atoms with van der Waals surface area (Å²) in [6.45, 7) is 0.601. The minimum Gasteiger partial charge on any atom is -0.494 e. The van der Waals surface area contributed by atoms with Crippen molar-refractivity contribution in [1.82, 2.24) is 4.98 Å². The normalized spacial score (nSPS) is 11.5. The second-order valence-corrected chi connectivity index (χ2v) is 7.18. The number of pyridine rings is 1. The first-order valence-electron chi connectivity index (χ1n) is 9.99. The van der Waals surface area contributed by atoms with Gasteiger partial charge in [0.1, 0.15) is 5.75 Å². The smallest absolute Gasteiger partial charge is 0.416 e. The molecule has 0 bridgehead atoms. The Bertz CT molecular complexity index is 1140. The lowest BCUT2D eigenvalue weighted by atomic mass is 10.1. The molecule has 0 fully saturated rings. The average Bonchev–Trinajstić information content (AvgIpc) is 2.77. The third-order valence-electron chi connectivity index (χ3n) is 4.93. The number of nitrogens with zero attached hydrogens (tertiary/aromatic N) is 1. The SMILES string of the molecule is FC(F)(F)c1ccc(Nc2ccnc3cc(OCCCc4ccccc4)ccc23)cc1. The number of ether oxygens (including phenoxy) is 1. The highest BCUT2D eigenvalue weighted by Crippen LogP contribution is 2.32. The average molecular weight is 422 g/mol. The Morgan fingerprint density at radius 1 is 0.871 bits per heavy atom. The van der Waals surface area contributed by atoms with E-state index in [0.717, 1.165) is 47.3 Å². The van der Waals surface area contributed by atoms with Gasteiger partial charge in [-0.15, -0.1) is 0 Å². The zero-order valence-electron chi connectivity index (χ0n) is 16.7. The van der Waals surface area contributed by atoms with Gasteiger partial charge in [-0.3, -0.25) is 4.98 Å². The maximum absolute atomic E-state index is 12.7. The van der Waals surface area contributed by atoms with Crippen LogP contribution in [-0.4, -0.2) is 11.6 Å². The summed E-state index contributed by atoms with van der Waals surface area (Å²) in [5, 5.41) is 4.03. The quantitative estimate of drug-likeness (QED) is 0.325. The molecule has 3 aromatic carbocycles. The molecule has 0 aliphatic rings. The molecule has 0 saturated heterocycles. The van der Waals surface area contributed by atoms with Crippen LogP contribution in [0.3, 0.4) is 0 Å². The number of aryl methyl sites for hydroxylation is 1. The Morgan fingerprint density at radius 2 is 1.65 bits per heavy atom. The first-order valence-corrected chi connectivity index (χ1v) is 9.99. The third-order valence-corrected chi connectivity index (χ3v) is 4.93. The molecule has 0 spiro atoms. The Kier molecular flexibility index (Phi) is 6.07. The lowest BCUT2D eigenvalue weighted by Gasteiger charge is -2.12. The predicted octanol–water partition coefficient (Wildman–Crippen LogP) is 7.01. The molecule has 0 unspecified atom stereocenters. The third kappa shape index (κ3) is 5.34. The summed E-state index contributed by atoms with van der Waals surface area (Å²) in [7, 11) is 0. The van der Waals surface area contributed by atoms with Gasteiger partial charge in [-0.25, -0.2) is 0 Å². The zero-order chi connectivity index (χ0) is 21.7. The monoisotopic (exact) mass is 422 g/mol. The topological polar surface area (TPSA) is 34.2 Å². The van der Waals surface area contributed by atoms with Gasteiger partial charge in [0.05, 0.1) is 17.7 Å². The molecule has 1 heterocycles. The summed E-state index contributed by atoms with van der Waals surface area (Å²) in [6.07, 6.45) is -0.827. The van der Waals surface area contributed by atoms with Crippen molar-refractivity contribution in [3.63, 3.8) is 0 Å². The second kappa shape index (κ2) is 9.08. The van der Waals surface area contributed by atoms with Crippen LogP contribution in [-0.2, 0) is 12.6 Å². The first kappa shape index (κ1) is 20.7. The van der Waals surface area contributed by atoms with Crippen LogP contribution < -0.4 is 10.1 Å². The van der Waals surface area contributed by atoms with Crippen molar-refractivity contribution in [1.29, 1.82) is 0 Å². The van der Waals surface area contributed by atoms with Crippen LogP contribution in [0.4, 0.5) is 24.5 Å². The number of rotatable bonds is 7. The molecule has 0 radical (unpaired) electrons. The number of alkyl halides is 3. The highest BCUT2D eigenvalue weighted by molar-refractivity contribution is 5.93. The van der Waals surface area contributed by atoms with Crippen molar-refractivity contribution >= 4 is 22.3 Å². The summed E-state index contributed by atoms with van der Waals surface area (Å²) >= 11 is 0. The highest BCUT2D eigenvalue weighted by atomic mass is 19.4. The number of halogens is 3. The van der Waals surface area contributed by atoms with Gasteiger partial charge in [-0.2, -0.15) is 13.2 Å². The van der Waals surface area contributed by atoms with Crippen molar-refractivity contribution < 1.29 is 17.9 Å². The molecular weight excluding hydrogens is 401 g/mol. The van der Waals surface area contributed by atoms with Crippen LogP contribution in [0.1, 0.15) is 17.5 Å². The van der Waals surface area contributed by atoms with E-state index in [1.54, 1.807) is 12.3 Å². The van der Waals surface area contributed by atoms with Crippen molar-refractivity contribution in [2.45, 2.75) is 19.0 Å². The standard InChI is InChI=1S/C25H21F3N2O/c26-25(27,28)19-8-10-20(11-9-19)30-23-14-15-29-24-17-21(12-13-22(23)24)31-16-4-7-18-5-2-1-3-6-18/h1-3,5-6,8-15,17H,4,7,16H2,(H,29,30). The van der Waals surface area contributed by atoms with Crippen LogP contribution in [0.2, 0.25) is 0 Å². The molecule has 3 nitrogen and oxygen atoms in total. The van der Waals surface area contributed by atoms with E-state index in [1.807, 2.05) is 36.4 Å². The molecule has 0 saturated carbocycles. The minimum absolute atomic E-state index is 0.571. The number of fused-ring (bicyclic) bond motifs is 1. The summed E-state index contributed by atoms with van der Waals surface area (Å²) in [5.41, 5.74) is 2.69. The molecule has 6 heteroatoms. The molecule has 0 aliphatic heterocycles. The van der Waals surface area contributed by atoms with E-state index in [-0.39, 0.29) is 0 Å². The van der Waals surface area contributed by atoms with E-state index in [2.05, 4.69) is 22.4 Å².